The van der Waals surface area contributed by atoms with E-state index < -0.39 is 10.0 Å². The SMILES string of the molecule is C[C@@H]1CCC[C@@H](C)N1C(=O)CN1C=Nc2ccccc2S1(=O)=O. The van der Waals surface area contributed by atoms with Crippen LogP contribution in [-0.2, 0) is 14.8 Å². The lowest BCUT2D eigenvalue weighted by atomic mass is 9.97. The third-order valence-corrected chi connectivity index (χ3v) is 6.29. The van der Waals surface area contributed by atoms with Gasteiger partial charge in [-0.25, -0.2) is 17.7 Å². The Hall–Kier alpha value is -1.89. The van der Waals surface area contributed by atoms with Gasteiger partial charge in [0.15, 0.2) is 0 Å². The van der Waals surface area contributed by atoms with Gasteiger partial charge in [0, 0.05) is 12.1 Å². The Kier molecular flexibility index (Phi) is 4.14. The highest BCUT2D eigenvalue weighted by molar-refractivity contribution is 7.89. The predicted molar refractivity (Wildman–Crippen MR) is 88.1 cm³/mol. The van der Waals surface area contributed by atoms with Gasteiger partial charge in [0.25, 0.3) is 10.0 Å². The maximum Gasteiger partial charge on any atom is 0.267 e. The molecule has 0 spiro atoms. The number of amides is 1. The van der Waals surface area contributed by atoms with E-state index in [1.165, 1.54) is 12.4 Å². The molecule has 1 amide bonds. The van der Waals surface area contributed by atoms with Crippen molar-refractivity contribution in [2.45, 2.75) is 50.1 Å². The molecule has 1 aromatic carbocycles. The van der Waals surface area contributed by atoms with E-state index in [1.807, 2.05) is 18.7 Å². The molecular formula is C16H21N3O3S. The maximum atomic E-state index is 12.6. The van der Waals surface area contributed by atoms with Gasteiger partial charge in [0.05, 0.1) is 5.69 Å². The molecule has 1 saturated heterocycles. The molecule has 2 aliphatic rings. The molecule has 124 valence electrons. The van der Waals surface area contributed by atoms with Crippen LogP contribution in [0.25, 0.3) is 0 Å². The Morgan fingerprint density at radius 1 is 1.22 bits per heavy atom. The normalized spacial score (nSPS) is 26.0. The molecule has 7 heteroatoms. The monoisotopic (exact) mass is 335 g/mol. The molecule has 23 heavy (non-hydrogen) atoms. The van der Waals surface area contributed by atoms with Crippen molar-refractivity contribution in [2.24, 2.45) is 4.99 Å². The summed E-state index contributed by atoms with van der Waals surface area (Å²) in [4.78, 5) is 18.8. The van der Waals surface area contributed by atoms with E-state index >= 15 is 0 Å². The molecule has 2 atom stereocenters. The van der Waals surface area contributed by atoms with Gasteiger partial charge < -0.3 is 4.90 Å². The zero-order chi connectivity index (χ0) is 16.6. The average molecular weight is 335 g/mol. The largest absolute Gasteiger partial charge is 0.336 e. The van der Waals surface area contributed by atoms with Crippen LogP contribution >= 0.6 is 0 Å². The first-order chi connectivity index (χ1) is 10.9. The second kappa shape index (κ2) is 5.96. The average Bonchev–Trinajstić information content (AvgIpc) is 2.50. The minimum absolute atomic E-state index is 0.142. The van der Waals surface area contributed by atoms with E-state index in [-0.39, 0.29) is 29.4 Å². The third-order valence-electron chi connectivity index (χ3n) is 4.55. The van der Waals surface area contributed by atoms with E-state index in [1.54, 1.807) is 18.2 Å². The topological polar surface area (TPSA) is 70.1 Å². The molecule has 1 aromatic rings. The van der Waals surface area contributed by atoms with Crippen molar-refractivity contribution in [3.8, 4) is 0 Å². The number of hydrogen-bond donors (Lipinski definition) is 0. The quantitative estimate of drug-likeness (QED) is 0.831. The highest BCUT2D eigenvalue weighted by atomic mass is 32.2. The predicted octanol–water partition coefficient (Wildman–Crippen LogP) is 2.14. The molecule has 2 aliphatic heterocycles. The Morgan fingerprint density at radius 2 is 1.87 bits per heavy atom. The van der Waals surface area contributed by atoms with E-state index in [0.717, 1.165) is 23.6 Å². The van der Waals surface area contributed by atoms with Gasteiger partial charge in [-0.1, -0.05) is 12.1 Å². The van der Waals surface area contributed by atoms with Crippen LogP contribution < -0.4 is 0 Å². The van der Waals surface area contributed by atoms with Crippen LogP contribution in [-0.4, -0.2) is 48.5 Å². The molecule has 0 saturated carbocycles. The summed E-state index contributed by atoms with van der Waals surface area (Å²) in [6.07, 6.45) is 4.26. The van der Waals surface area contributed by atoms with Gasteiger partial charge in [-0.2, -0.15) is 0 Å². The summed E-state index contributed by atoms with van der Waals surface area (Å²) in [5.41, 5.74) is 0.413. The first-order valence-electron chi connectivity index (χ1n) is 7.87. The van der Waals surface area contributed by atoms with Crippen LogP contribution in [0.15, 0.2) is 34.2 Å². The molecule has 6 nitrogen and oxygen atoms in total. The number of hydrogen-bond acceptors (Lipinski definition) is 4. The Labute approximate surface area is 136 Å². The van der Waals surface area contributed by atoms with Crippen molar-refractivity contribution in [3.63, 3.8) is 0 Å². The maximum absolute atomic E-state index is 12.6. The van der Waals surface area contributed by atoms with Crippen LogP contribution in [0.1, 0.15) is 33.1 Å². The number of benzene rings is 1. The van der Waals surface area contributed by atoms with Crippen LogP contribution in [0.2, 0.25) is 0 Å². The second-order valence-corrected chi connectivity index (χ2v) is 8.05. The number of piperidine rings is 1. The van der Waals surface area contributed by atoms with Gasteiger partial charge in [0.1, 0.15) is 17.8 Å². The summed E-state index contributed by atoms with van der Waals surface area (Å²) >= 11 is 0. The lowest BCUT2D eigenvalue weighted by Gasteiger charge is -2.40. The zero-order valence-electron chi connectivity index (χ0n) is 13.3. The first-order valence-corrected chi connectivity index (χ1v) is 9.31. The van der Waals surface area contributed by atoms with Crippen LogP contribution in [0.3, 0.4) is 0 Å². The fourth-order valence-corrected chi connectivity index (χ4v) is 4.69. The number of carbonyl (C=O) groups is 1. The van der Waals surface area contributed by atoms with Crippen LogP contribution in [0.5, 0.6) is 0 Å². The standard InChI is InChI=1S/C16H21N3O3S/c1-12-6-5-7-13(2)19(12)16(20)10-18-11-17-14-8-3-4-9-15(14)23(18,21)22/h3-4,8-9,11-13H,5-7,10H2,1-2H3/t12-,13-/m1/s1. The minimum atomic E-state index is -3.72. The molecule has 0 N–H and O–H groups in total. The van der Waals surface area contributed by atoms with Crippen molar-refractivity contribution in [3.05, 3.63) is 24.3 Å². The van der Waals surface area contributed by atoms with Crippen molar-refractivity contribution >= 4 is 28.0 Å². The number of para-hydroxylation sites is 1. The molecule has 0 aromatic heterocycles. The van der Waals surface area contributed by atoms with Gasteiger partial charge in [-0.15, -0.1) is 0 Å². The summed E-state index contributed by atoms with van der Waals surface area (Å²) in [5.74, 6) is -0.167. The molecular weight excluding hydrogens is 314 g/mol. The Morgan fingerprint density at radius 3 is 2.57 bits per heavy atom. The summed E-state index contributed by atoms with van der Waals surface area (Å²) in [7, 11) is -3.72. The number of fused-ring (bicyclic) bond motifs is 1. The number of rotatable bonds is 2. The van der Waals surface area contributed by atoms with Crippen LogP contribution in [0, 0.1) is 0 Å². The van der Waals surface area contributed by atoms with E-state index in [4.69, 9.17) is 0 Å². The summed E-state index contributed by atoms with van der Waals surface area (Å²) in [6.45, 7) is 3.83. The van der Waals surface area contributed by atoms with Crippen molar-refractivity contribution in [2.75, 3.05) is 6.54 Å². The number of aliphatic imine (C=N–C) groups is 1. The molecule has 2 heterocycles. The second-order valence-electron chi connectivity index (χ2n) is 6.19. The van der Waals surface area contributed by atoms with E-state index in [9.17, 15) is 13.2 Å². The van der Waals surface area contributed by atoms with Gasteiger partial charge in [-0.05, 0) is 45.2 Å². The molecule has 1 fully saturated rings. The summed E-state index contributed by atoms with van der Waals surface area (Å²) in [5, 5.41) is 0. The van der Waals surface area contributed by atoms with Crippen molar-refractivity contribution in [1.29, 1.82) is 0 Å². The van der Waals surface area contributed by atoms with E-state index in [0.29, 0.717) is 5.69 Å². The smallest absolute Gasteiger partial charge is 0.267 e. The zero-order valence-corrected chi connectivity index (χ0v) is 14.2. The van der Waals surface area contributed by atoms with Gasteiger partial charge >= 0.3 is 0 Å². The summed E-state index contributed by atoms with van der Waals surface area (Å²) < 4.78 is 26.3. The highest BCUT2D eigenvalue weighted by Gasteiger charge is 2.34. The number of sulfonamides is 1. The molecule has 3 rings (SSSR count). The minimum Gasteiger partial charge on any atom is -0.336 e. The Balaban J connectivity index is 1.83. The molecule has 0 aliphatic carbocycles. The number of nitrogens with zero attached hydrogens (tertiary/aromatic N) is 3. The summed E-state index contributed by atoms with van der Waals surface area (Å²) in [6, 6.07) is 6.85. The van der Waals surface area contributed by atoms with Crippen molar-refractivity contribution in [1.82, 2.24) is 9.21 Å². The molecule has 0 unspecified atom stereocenters. The van der Waals surface area contributed by atoms with Gasteiger partial charge in [-0.3, -0.25) is 4.79 Å². The number of likely N-dealkylation sites (tertiary alicyclic amines) is 1. The fraction of sp³-hybridized carbons (Fsp3) is 0.500. The lowest BCUT2D eigenvalue weighted by Crippen LogP contribution is -2.51. The number of carbonyl (C=O) groups excluding carboxylic acids is 1. The van der Waals surface area contributed by atoms with Crippen LogP contribution in [0.4, 0.5) is 5.69 Å². The van der Waals surface area contributed by atoms with Gasteiger partial charge in [0.2, 0.25) is 5.91 Å². The fourth-order valence-electron chi connectivity index (χ4n) is 3.35. The Bertz CT molecular complexity index is 735. The molecule has 0 radical (unpaired) electrons. The third kappa shape index (κ3) is 2.85. The first kappa shape index (κ1) is 16.0. The van der Waals surface area contributed by atoms with Crippen molar-refractivity contribution < 1.29 is 13.2 Å². The van der Waals surface area contributed by atoms with E-state index in [2.05, 4.69) is 4.99 Å². The highest BCUT2D eigenvalue weighted by Crippen LogP contribution is 2.30. The lowest BCUT2D eigenvalue weighted by molar-refractivity contribution is -0.136. The molecule has 0 bridgehead atoms.